The number of Topliss-reactive ketones (excluding diaryl/α,β-unsaturated/α-hetero) is 1. The van der Waals surface area contributed by atoms with Crippen LogP contribution in [0.5, 0.6) is 5.75 Å². The fraction of sp³-hybridized carbons (Fsp3) is 0.333. The van der Waals surface area contributed by atoms with Crippen molar-refractivity contribution < 1.29 is 33.0 Å². The summed E-state index contributed by atoms with van der Waals surface area (Å²) in [4.78, 5) is 27.1. The number of rotatable bonds is 7. The third-order valence-electron chi connectivity index (χ3n) is 3.85. The molecular formula is C18H19F2NO5. The average molecular weight is 367 g/mol. The molecule has 0 spiro atoms. The number of halogens is 2. The van der Waals surface area contributed by atoms with Gasteiger partial charge in [0.1, 0.15) is 11.4 Å². The standard InChI is InChI=1S/C18H19F2NO5/c1-9-15(11(3)22)10(2)21-16(9)17(24)25-8-14(23)12-4-6-13(7-5-12)26-18(19)20/h4-7,11,18,21-22H,8H2,1-3H3/t11-/m0/s1. The van der Waals surface area contributed by atoms with Crippen LogP contribution >= 0.6 is 0 Å². The van der Waals surface area contributed by atoms with Gasteiger partial charge in [-0.05, 0) is 50.6 Å². The summed E-state index contributed by atoms with van der Waals surface area (Å²) in [6.07, 6.45) is -0.747. The van der Waals surface area contributed by atoms with Gasteiger partial charge in [-0.3, -0.25) is 4.79 Å². The number of esters is 1. The topological polar surface area (TPSA) is 88.6 Å². The number of benzene rings is 1. The Kier molecular flexibility index (Phi) is 6.10. The molecule has 1 atom stereocenters. The quantitative estimate of drug-likeness (QED) is 0.579. The van der Waals surface area contributed by atoms with Gasteiger partial charge in [0.25, 0.3) is 0 Å². The molecule has 1 aromatic carbocycles. The molecule has 0 aliphatic rings. The SMILES string of the molecule is Cc1[nH]c(C(=O)OCC(=O)c2ccc(OC(F)F)cc2)c(C)c1[C@H](C)O. The number of hydrogen-bond donors (Lipinski definition) is 2. The Hall–Kier alpha value is -2.74. The van der Waals surface area contributed by atoms with E-state index in [0.717, 1.165) is 0 Å². The Labute approximate surface area is 148 Å². The van der Waals surface area contributed by atoms with Crippen LogP contribution in [-0.2, 0) is 4.74 Å². The zero-order valence-corrected chi connectivity index (χ0v) is 14.5. The zero-order chi connectivity index (χ0) is 19.4. The number of carbonyl (C=O) groups is 2. The second-order valence-corrected chi connectivity index (χ2v) is 5.74. The highest BCUT2D eigenvalue weighted by molar-refractivity contribution is 5.99. The molecule has 2 rings (SSSR count). The van der Waals surface area contributed by atoms with E-state index in [1.807, 2.05) is 0 Å². The van der Waals surface area contributed by atoms with Crippen LogP contribution in [0, 0.1) is 13.8 Å². The second kappa shape index (κ2) is 8.09. The lowest BCUT2D eigenvalue weighted by molar-refractivity contribution is -0.0498. The monoisotopic (exact) mass is 367 g/mol. The van der Waals surface area contributed by atoms with E-state index in [9.17, 15) is 23.5 Å². The maximum Gasteiger partial charge on any atom is 0.387 e. The van der Waals surface area contributed by atoms with Crippen LogP contribution in [0.2, 0.25) is 0 Å². The van der Waals surface area contributed by atoms with Crippen LogP contribution in [0.1, 0.15) is 50.7 Å². The molecule has 26 heavy (non-hydrogen) atoms. The van der Waals surface area contributed by atoms with Crippen molar-refractivity contribution in [2.24, 2.45) is 0 Å². The van der Waals surface area contributed by atoms with Crippen molar-refractivity contribution in [1.82, 2.24) is 4.98 Å². The Morgan fingerprint density at radius 3 is 2.31 bits per heavy atom. The smallest absolute Gasteiger partial charge is 0.387 e. The van der Waals surface area contributed by atoms with Crippen LogP contribution in [0.3, 0.4) is 0 Å². The van der Waals surface area contributed by atoms with E-state index >= 15 is 0 Å². The van der Waals surface area contributed by atoms with Crippen LogP contribution in [-0.4, -0.2) is 35.1 Å². The average Bonchev–Trinajstić information content (AvgIpc) is 2.87. The van der Waals surface area contributed by atoms with Crippen LogP contribution in [0.25, 0.3) is 0 Å². The second-order valence-electron chi connectivity index (χ2n) is 5.74. The van der Waals surface area contributed by atoms with Gasteiger partial charge in [-0.15, -0.1) is 0 Å². The van der Waals surface area contributed by atoms with Gasteiger partial charge < -0.3 is 19.6 Å². The number of aliphatic hydroxyl groups is 1. The number of aryl methyl sites for hydroxylation is 1. The highest BCUT2D eigenvalue weighted by atomic mass is 19.3. The number of aromatic amines is 1. The normalized spacial score (nSPS) is 12.1. The first-order chi connectivity index (χ1) is 12.2. The highest BCUT2D eigenvalue weighted by Crippen LogP contribution is 2.25. The van der Waals surface area contributed by atoms with Crippen molar-refractivity contribution in [2.75, 3.05) is 6.61 Å². The van der Waals surface area contributed by atoms with Crippen molar-refractivity contribution in [3.05, 3.63) is 52.3 Å². The van der Waals surface area contributed by atoms with Crippen molar-refractivity contribution in [3.8, 4) is 5.75 Å². The summed E-state index contributed by atoms with van der Waals surface area (Å²) in [7, 11) is 0. The third kappa shape index (κ3) is 4.45. The molecule has 6 nitrogen and oxygen atoms in total. The molecule has 0 bridgehead atoms. The minimum Gasteiger partial charge on any atom is -0.453 e. The van der Waals surface area contributed by atoms with Crippen molar-refractivity contribution in [2.45, 2.75) is 33.5 Å². The Bertz CT molecular complexity index is 797. The van der Waals surface area contributed by atoms with Gasteiger partial charge in [0, 0.05) is 16.8 Å². The number of H-pyrrole nitrogens is 1. The summed E-state index contributed by atoms with van der Waals surface area (Å²) < 4.78 is 33.4. The van der Waals surface area contributed by atoms with Gasteiger partial charge in [0.15, 0.2) is 12.4 Å². The summed E-state index contributed by atoms with van der Waals surface area (Å²) in [6, 6.07) is 5.08. The van der Waals surface area contributed by atoms with E-state index in [1.54, 1.807) is 20.8 Å². The van der Waals surface area contributed by atoms with Gasteiger partial charge in [-0.1, -0.05) is 0 Å². The van der Waals surface area contributed by atoms with E-state index in [1.165, 1.54) is 24.3 Å². The van der Waals surface area contributed by atoms with Gasteiger partial charge in [-0.25, -0.2) is 4.79 Å². The molecule has 2 aromatic rings. The van der Waals surface area contributed by atoms with Gasteiger partial charge >= 0.3 is 12.6 Å². The van der Waals surface area contributed by atoms with Crippen molar-refractivity contribution >= 4 is 11.8 Å². The number of alkyl halides is 2. The number of ketones is 1. The Balaban J connectivity index is 2.01. The maximum atomic E-state index is 12.2. The predicted molar refractivity (Wildman–Crippen MR) is 88.6 cm³/mol. The summed E-state index contributed by atoms with van der Waals surface area (Å²) in [5, 5.41) is 9.74. The molecule has 1 aromatic heterocycles. The molecule has 0 fully saturated rings. The number of hydrogen-bond acceptors (Lipinski definition) is 5. The number of ether oxygens (including phenoxy) is 2. The molecule has 0 saturated carbocycles. The van der Waals surface area contributed by atoms with E-state index in [4.69, 9.17) is 4.74 Å². The first-order valence-corrected chi connectivity index (χ1v) is 7.83. The maximum absolute atomic E-state index is 12.2. The third-order valence-corrected chi connectivity index (χ3v) is 3.85. The van der Waals surface area contributed by atoms with Gasteiger partial charge in [-0.2, -0.15) is 8.78 Å². The predicted octanol–water partition coefficient (Wildman–Crippen LogP) is 3.33. The molecule has 2 N–H and O–H groups in total. The molecule has 1 heterocycles. The van der Waals surface area contributed by atoms with E-state index in [-0.39, 0.29) is 17.0 Å². The number of carbonyl (C=O) groups excluding carboxylic acids is 2. The van der Waals surface area contributed by atoms with Crippen molar-refractivity contribution in [1.29, 1.82) is 0 Å². The Morgan fingerprint density at radius 2 is 1.81 bits per heavy atom. The lowest BCUT2D eigenvalue weighted by Crippen LogP contribution is -2.15. The number of aromatic nitrogens is 1. The molecule has 0 unspecified atom stereocenters. The summed E-state index contributed by atoms with van der Waals surface area (Å²) >= 11 is 0. The molecule has 0 radical (unpaired) electrons. The molecule has 140 valence electrons. The minimum absolute atomic E-state index is 0.0725. The lowest BCUT2D eigenvalue weighted by Gasteiger charge is -2.07. The van der Waals surface area contributed by atoms with Crippen molar-refractivity contribution in [3.63, 3.8) is 0 Å². The van der Waals surface area contributed by atoms with Crippen LogP contribution in [0.4, 0.5) is 8.78 Å². The van der Waals surface area contributed by atoms with Crippen LogP contribution < -0.4 is 4.74 Å². The highest BCUT2D eigenvalue weighted by Gasteiger charge is 2.21. The van der Waals surface area contributed by atoms with E-state index < -0.39 is 31.1 Å². The number of aliphatic hydroxyl groups excluding tert-OH is 1. The van der Waals surface area contributed by atoms with E-state index in [0.29, 0.717) is 16.8 Å². The largest absolute Gasteiger partial charge is 0.453 e. The molecule has 0 aliphatic heterocycles. The molecule has 0 saturated heterocycles. The molecule has 8 heteroatoms. The zero-order valence-electron chi connectivity index (χ0n) is 14.5. The minimum atomic E-state index is -2.95. The lowest BCUT2D eigenvalue weighted by atomic mass is 10.1. The number of nitrogens with one attached hydrogen (secondary N) is 1. The summed E-state index contributed by atoms with van der Waals surface area (Å²) in [6.45, 7) is 1.53. The first-order valence-electron chi connectivity index (χ1n) is 7.83. The van der Waals surface area contributed by atoms with Crippen LogP contribution in [0.15, 0.2) is 24.3 Å². The molecule has 0 amide bonds. The van der Waals surface area contributed by atoms with E-state index in [2.05, 4.69) is 9.72 Å². The first kappa shape index (κ1) is 19.6. The molecular weight excluding hydrogens is 348 g/mol. The molecule has 0 aliphatic carbocycles. The van der Waals surface area contributed by atoms with Gasteiger partial charge in [0.05, 0.1) is 6.10 Å². The van der Waals surface area contributed by atoms with Gasteiger partial charge in [0.2, 0.25) is 0 Å². The summed E-state index contributed by atoms with van der Waals surface area (Å²) in [5.41, 5.74) is 2.18. The Morgan fingerprint density at radius 1 is 1.19 bits per heavy atom. The fourth-order valence-electron chi connectivity index (χ4n) is 2.70. The summed E-state index contributed by atoms with van der Waals surface area (Å²) in [5.74, 6) is -1.28. The fourth-order valence-corrected chi connectivity index (χ4v) is 2.70.